The molecule has 1 aromatic carbocycles. The molecule has 0 aliphatic heterocycles. The topological polar surface area (TPSA) is 80.3 Å². The van der Waals surface area contributed by atoms with Crippen LogP contribution in [0.5, 0.6) is 0 Å². The molecule has 2 N–H and O–H groups in total. The van der Waals surface area contributed by atoms with Gasteiger partial charge in [0.05, 0.1) is 17.9 Å². The number of pyridine rings is 1. The van der Waals surface area contributed by atoms with E-state index >= 15 is 0 Å². The summed E-state index contributed by atoms with van der Waals surface area (Å²) >= 11 is 0. The summed E-state index contributed by atoms with van der Waals surface area (Å²) in [6.45, 7) is 6.90. The lowest BCUT2D eigenvalue weighted by atomic mass is 10.1. The van der Waals surface area contributed by atoms with Crippen molar-refractivity contribution in [2.75, 3.05) is 18.5 Å². The Kier molecular flexibility index (Phi) is 7.14. The molecule has 1 heterocycles. The number of aromatic nitrogens is 1. The van der Waals surface area contributed by atoms with Crippen LogP contribution in [0.15, 0.2) is 42.6 Å². The standard InChI is InChI=1S/C20H25N3O3/c1-4-26-20(25)16-7-5-6-8-17(16)23-15-10-12-21-18(13-15)19(24)22-11-9-14(2)3/h5-8,10,12-14H,4,9,11H2,1-3H3,(H,21,23)(H,22,24). The molecule has 0 saturated heterocycles. The molecule has 0 saturated carbocycles. The zero-order valence-corrected chi connectivity index (χ0v) is 15.4. The summed E-state index contributed by atoms with van der Waals surface area (Å²) in [4.78, 5) is 28.4. The molecule has 6 nitrogen and oxygen atoms in total. The Morgan fingerprint density at radius 3 is 2.69 bits per heavy atom. The Morgan fingerprint density at radius 2 is 1.96 bits per heavy atom. The number of hydrogen-bond donors (Lipinski definition) is 2. The first-order chi connectivity index (χ1) is 12.5. The van der Waals surface area contributed by atoms with Gasteiger partial charge in [0.2, 0.25) is 0 Å². The van der Waals surface area contributed by atoms with Gasteiger partial charge in [0.25, 0.3) is 5.91 Å². The summed E-state index contributed by atoms with van der Waals surface area (Å²) < 4.78 is 5.08. The fourth-order valence-corrected chi connectivity index (χ4v) is 2.33. The molecule has 26 heavy (non-hydrogen) atoms. The van der Waals surface area contributed by atoms with Crippen molar-refractivity contribution in [3.05, 3.63) is 53.9 Å². The number of nitrogens with one attached hydrogen (secondary N) is 2. The fourth-order valence-electron chi connectivity index (χ4n) is 2.33. The zero-order valence-electron chi connectivity index (χ0n) is 15.4. The third kappa shape index (κ3) is 5.58. The summed E-state index contributed by atoms with van der Waals surface area (Å²) in [5, 5.41) is 6.02. The van der Waals surface area contributed by atoms with Crippen LogP contribution in [0.3, 0.4) is 0 Å². The van der Waals surface area contributed by atoms with E-state index in [4.69, 9.17) is 4.74 Å². The van der Waals surface area contributed by atoms with Crippen LogP contribution in [0, 0.1) is 5.92 Å². The lowest BCUT2D eigenvalue weighted by Gasteiger charge is -2.12. The predicted molar refractivity (Wildman–Crippen MR) is 102 cm³/mol. The smallest absolute Gasteiger partial charge is 0.340 e. The van der Waals surface area contributed by atoms with Gasteiger partial charge >= 0.3 is 5.97 Å². The van der Waals surface area contributed by atoms with E-state index in [1.165, 1.54) is 0 Å². The number of benzene rings is 1. The second kappa shape index (κ2) is 9.56. The van der Waals surface area contributed by atoms with Crippen LogP contribution < -0.4 is 10.6 Å². The Balaban J connectivity index is 2.12. The number of nitrogens with zero attached hydrogens (tertiary/aromatic N) is 1. The molecule has 1 amide bonds. The van der Waals surface area contributed by atoms with E-state index in [2.05, 4.69) is 29.5 Å². The molecule has 6 heteroatoms. The van der Waals surface area contributed by atoms with Crippen LogP contribution in [0.1, 0.15) is 48.0 Å². The van der Waals surface area contributed by atoms with Crippen LogP contribution in [0.25, 0.3) is 0 Å². The number of esters is 1. The third-order valence-corrected chi connectivity index (χ3v) is 3.70. The molecule has 0 aliphatic carbocycles. The minimum Gasteiger partial charge on any atom is -0.462 e. The van der Waals surface area contributed by atoms with E-state index in [0.717, 1.165) is 6.42 Å². The van der Waals surface area contributed by atoms with Gasteiger partial charge < -0.3 is 15.4 Å². The number of para-hydroxylation sites is 1. The van der Waals surface area contributed by atoms with Crippen molar-refractivity contribution in [1.82, 2.24) is 10.3 Å². The first kappa shape index (κ1) is 19.4. The summed E-state index contributed by atoms with van der Waals surface area (Å²) in [7, 11) is 0. The maximum atomic E-state index is 12.2. The Morgan fingerprint density at radius 1 is 1.19 bits per heavy atom. The highest BCUT2D eigenvalue weighted by molar-refractivity contribution is 5.97. The van der Waals surface area contributed by atoms with E-state index in [1.807, 2.05) is 6.07 Å². The molecule has 0 spiro atoms. The number of rotatable bonds is 8. The van der Waals surface area contributed by atoms with Crippen molar-refractivity contribution in [2.24, 2.45) is 5.92 Å². The van der Waals surface area contributed by atoms with Crippen LogP contribution in [0.4, 0.5) is 11.4 Å². The third-order valence-electron chi connectivity index (χ3n) is 3.70. The first-order valence-corrected chi connectivity index (χ1v) is 8.78. The van der Waals surface area contributed by atoms with Gasteiger partial charge in [0, 0.05) is 18.4 Å². The monoisotopic (exact) mass is 355 g/mol. The highest BCUT2D eigenvalue weighted by Gasteiger charge is 2.13. The normalized spacial score (nSPS) is 10.5. The Bertz CT molecular complexity index is 759. The molecule has 2 aromatic rings. The fraction of sp³-hybridized carbons (Fsp3) is 0.350. The molecular weight excluding hydrogens is 330 g/mol. The van der Waals surface area contributed by atoms with Gasteiger partial charge in [-0.05, 0) is 43.5 Å². The molecule has 0 unspecified atom stereocenters. The van der Waals surface area contributed by atoms with Crippen molar-refractivity contribution in [3.63, 3.8) is 0 Å². The molecule has 0 fully saturated rings. The Labute approximate surface area is 154 Å². The van der Waals surface area contributed by atoms with Gasteiger partial charge in [-0.3, -0.25) is 9.78 Å². The van der Waals surface area contributed by atoms with E-state index in [0.29, 0.717) is 41.7 Å². The molecule has 138 valence electrons. The molecule has 0 atom stereocenters. The molecular formula is C20H25N3O3. The second-order valence-electron chi connectivity index (χ2n) is 6.26. The summed E-state index contributed by atoms with van der Waals surface area (Å²) in [6, 6.07) is 10.5. The molecule has 1 aromatic heterocycles. The van der Waals surface area contributed by atoms with Crippen LogP contribution in [-0.2, 0) is 4.74 Å². The van der Waals surface area contributed by atoms with E-state index in [-0.39, 0.29) is 5.91 Å². The summed E-state index contributed by atoms with van der Waals surface area (Å²) in [5.74, 6) is -0.0834. The zero-order chi connectivity index (χ0) is 18.9. The maximum absolute atomic E-state index is 12.2. The van der Waals surface area contributed by atoms with E-state index in [1.54, 1.807) is 43.5 Å². The minimum absolute atomic E-state index is 0.215. The van der Waals surface area contributed by atoms with Gasteiger partial charge in [0.1, 0.15) is 5.69 Å². The lowest BCUT2D eigenvalue weighted by molar-refractivity contribution is 0.0527. The average molecular weight is 355 g/mol. The van der Waals surface area contributed by atoms with Crippen molar-refractivity contribution in [1.29, 1.82) is 0 Å². The highest BCUT2D eigenvalue weighted by atomic mass is 16.5. The van der Waals surface area contributed by atoms with Crippen molar-refractivity contribution < 1.29 is 14.3 Å². The molecule has 2 rings (SSSR count). The number of carbonyl (C=O) groups excluding carboxylic acids is 2. The number of anilines is 2. The number of carbonyl (C=O) groups is 2. The van der Waals surface area contributed by atoms with E-state index in [9.17, 15) is 9.59 Å². The van der Waals surface area contributed by atoms with Crippen LogP contribution in [-0.4, -0.2) is 30.0 Å². The molecule has 0 aliphatic rings. The second-order valence-corrected chi connectivity index (χ2v) is 6.26. The minimum atomic E-state index is -0.392. The maximum Gasteiger partial charge on any atom is 0.340 e. The molecule has 0 radical (unpaired) electrons. The van der Waals surface area contributed by atoms with Crippen molar-refractivity contribution >= 4 is 23.3 Å². The highest BCUT2D eigenvalue weighted by Crippen LogP contribution is 2.22. The van der Waals surface area contributed by atoms with Crippen LogP contribution in [0.2, 0.25) is 0 Å². The summed E-state index contributed by atoms with van der Waals surface area (Å²) in [5.41, 5.74) is 2.05. The summed E-state index contributed by atoms with van der Waals surface area (Å²) in [6.07, 6.45) is 2.48. The largest absolute Gasteiger partial charge is 0.462 e. The number of ether oxygens (including phenoxy) is 1. The SMILES string of the molecule is CCOC(=O)c1ccccc1Nc1ccnc(C(=O)NCCC(C)C)c1. The van der Waals surface area contributed by atoms with Gasteiger partial charge in [-0.1, -0.05) is 26.0 Å². The van der Waals surface area contributed by atoms with Gasteiger partial charge in [-0.2, -0.15) is 0 Å². The Hall–Kier alpha value is -2.89. The first-order valence-electron chi connectivity index (χ1n) is 8.78. The molecule has 0 bridgehead atoms. The van der Waals surface area contributed by atoms with Crippen LogP contribution >= 0.6 is 0 Å². The van der Waals surface area contributed by atoms with E-state index < -0.39 is 5.97 Å². The van der Waals surface area contributed by atoms with Crippen molar-refractivity contribution in [3.8, 4) is 0 Å². The van der Waals surface area contributed by atoms with Gasteiger partial charge in [0.15, 0.2) is 0 Å². The average Bonchev–Trinajstić information content (AvgIpc) is 2.62. The number of hydrogen-bond acceptors (Lipinski definition) is 5. The predicted octanol–water partition coefficient (Wildman–Crippen LogP) is 3.78. The van der Waals surface area contributed by atoms with Gasteiger partial charge in [-0.15, -0.1) is 0 Å². The lowest BCUT2D eigenvalue weighted by Crippen LogP contribution is -2.26. The number of amides is 1. The quantitative estimate of drug-likeness (QED) is 0.705. The van der Waals surface area contributed by atoms with Crippen molar-refractivity contribution in [2.45, 2.75) is 27.2 Å². The van der Waals surface area contributed by atoms with Gasteiger partial charge in [-0.25, -0.2) is 4.79 Å².